The zero-order valence-corrected chi connectivity index (χ0v) is 10.4. The first kappa shape index (κ1) is 13.0. The second-order valence-electron chi connectivity index (χ2n) is 4.56. The predicted molar refractivity (Wildman–Crippen MR) is 73.6 cm³/mol. The van der Waals surface area contributed by atoms with Gasteiger partial charge >= 0.3 is 0 Å². The van der Waals surface area contributed by atoms with E-state index in [1.165, 1.54) is 0 Å². The molecule has 1 aromatic heterocycles. The van der Waals surface area contributed by atoms with E-state index in [1.54, 1.807) is 12.1 Å². The minimum atomic E-state index is -1.78. The van der Waals surface area contributed by atoms with Gasteiger partial charge in [0, 0.05) is 5.39 Å². The van der Waals surface area contributed by atoms with Crippen molar-refractivity contribution in [2.75, 3.05) is 0 Å². The van der Waals surface area contributed by atoms with E-state index < -0.39 is 12.6 Å². The van der Waals surface area contributed by atoms with Gasteiger partial charge in [-0.1, -0.05) is 36.4 Å². The van der Waals surface area contributed by atoms with Crippen molar-refractivity contribution in [2.24, 2.45) is 0 Å². The summed E-state index contributed by atoms with van der Waals surface area (Å²) in [6.45, 7) is 0. The van der Waals surface area contributed by atoms with Gasteiger partial charge in [0.1, 0.15) is 5.69 Å². The van der Waals surface area contributed by atoms with Crippen molar-refractivity contribution in [3.8, 4) is 0 Å². The summed E-state index contributed by atoms with van der Waals surface area (Å²) < 4.78 is 0. The van der Waals surface area contributed by atoms with E-state index in [9.17, 15) is 20.4 Å². The molecule has 5 nitrogen and oxygen atoms in total. The van der Waals surface area contributed by atoms with Gasteiger partial charge in [-0.2, -0.15) is 0 Å². The lowest BCUT2D eigenvalue weighted by Gasteiger charge is -2.13. The molecule has 0 atom stereocenters. The number of aliphatic hydroxyl groups excluding tert-OH is 2. The second-order valence-corrected chi connectivity index (χ2v) is 4.56. The Labute approximate surface area is 114 Å². The normalized spacial score (nSPS) is 11.9. The van der Waals surface area contributed by atoms with Crippen LogP contribution in [0.4, 0.5) is 0 Å². The Morgan fingerprint density at radius 3 is 2.20 bits per heavy atom. The Bertz CT molecular complexity index is 783. The van der Waals surface area contributed by atoms with Crippen molar-refractivity contribution >= 4 is 21.5 Å². The molecule has 0 saturated heterocycles. The monoisotopic (exact) mass is 271 g/mol. The minimum Gasteiger partial charge on any atom is -0.363 e. The molecule has 102 valence electrons. The molecule has 4 N–H and O–H groups in total. The maximum Gasteiger partial charge on any atom is 0.196 e. The Morgan fingerprint density at radius 1 is 0.750 bits per heavy atom. The molecule has 0 aliphatic rings. The van der Waals surface area contributed by atoms with Crippen LogP contribution >= 0.6 is 0 Å². The molecule has 1 heterocycles. The largest absolute Gasteiger partial charge is 0.363 e. The highest BCUT2D eigenvalue weighted by Gasteiger charge is 2.16. The van der Waals surface area contributed by atoms with Gasteiger partial charge in [0.2, 0.25) is 0 Å². The molecular weight excluding hydrogens is 258 g/mol. The number of fused-ring (bicyclic) bond motifs is 3. The summed E-state index contributed by atoms with van der Waals surface area (Å²) in [7, 11) is 0. The molecule has 0 aliphatic heterocycles. The van der Waals surface area contributed by atoms with Crippen LogP contribution in [-0.4, -0.2) is 25.4 Å². The second kappa shape index (κ2) is 4.81. The van der Waals surface area contributed by atoms with Crippen LogP contribution in [0.2, 0.25) is 0 Å². The quantitative estimate of drug-likeness (QED) is 0.417. The number of aliphatic hydroxyl groups is 4. The first-order valence-corrected chi connectivity index (χ1v) is 6.12. The van der Waals surface area contributed by atoms with Crippen LogP contribution in [0.3, 0.4) is 0 Å². The third-order valence-corrected chi connectivity index (χ3v) is 3.30. The standard InChI is InChI=1S/C15H13NO4/c17-14(18)12-7-11-9-4-2-1-3-8(9)5-6-10(11)13(16-12)15(19)20/h1-7,14-15,17-20H. The summed E-state index contributed by atoms with van der Waals surface area (Å²) in [5.74, 6) is 0. The van der Waals surface area contributed by atoms with E-state index in [1.807, 2.05) is 30.3 Å². The summed E-state index contributed by atoms with van der Waals surface area (Å²) in [6, 6.07) is 12.7. The first-order chi connectivity index (χ1) is 9.58. The van der Waals surface area contributed by atoms with E-state index >= 15 is 0 Å². The fraction of sp³-hybridized carbons (Fsp3) is 0.133. The summed E-state index contributed by atoms with van der Waals surface area (Å²) in [5, 5.41) is 40.6. The maximum atomic E-state index is 9.43. The van der Waals surface area contributed by atoms with E-state index in [0.717, 1.165) is 10.8 Å². The number of benzene rings is 2. The molecule has 0 fully saturated rings. The summed E-state index contributed by atoms with van der Waals surface area (Å²) in [4.78, 5) is 3.91. The number of aromatic nitrogens is 1. The third kappa shape index (κ3) is 2.03. The van der Waals surface area contributed by atoms with Crippen LogP contribution in [0, 0.1) is 0 Å². The summed E-state index contributed by atoms with van der Waals surface area (Å²) in [5.41, 5.74) is -0.00620. The van der Waals surface area contributed by atoms with Crippen LogP contribution < -0.4 is 0 Å². The highest BCUT2D eigenvalue weighted by atomic mass is 16.5. The molecule has 0 bridgehead atoms. The van der Waals surface area contributed by atoms with Crippen LogP contribution in [0.15, 0.2) is 42.5 Å². The number of pyridine rings is 1. The van der Waals surface area contributed by atoms with Crippen LogP contribution in [0.1, 0.15) is 24.0 Å². The lowest BCUT2D eigenvalue weighted by atomic mass is 10.0. The lowest BCUT2D eigenvalue weighted by molar-refractivity contribution is -0.0531. The van der Waals surface area contributed by atoms with Gasteiger partial charge in [0.05, 0.1) is 5.69 Å². The molecule has 0 radical (unpaired) electrons. The van der Waals surface area contributed by atoms with Crippen molar-refractivity contribution < 1.29 is 20.4 Å². The summed E-state index contributed by atoms with van der Waals surface area (Å²) in [6.07, 6.45) is -3.55. The van der Waals surface area contributed by atoms with Gasteiger partial charge in [0.15, 0.2) is 12.6 Å². The fourth-order valence-corrected chi connectivity index (χ4v) is 2.38. The molecule has 3 rings (SSSR count). The van der Waals surface area contributed by atoms with Gasteiger partial charge in [-0.25, -0.2) is 4.98 Å². The predicted octanol–water partition coefficient (Wildman–Crippen LogP) is 1.35. The molecule has 5 heteroatoms. The number of hydrogen-bond donors (Lipinski definition) is 4. The van der Waals surface area contributed by atoms with Crippen LogP contribution in [-0.2, 0) is 0 Å². The average molecular weight is 271 g/mol. The Kier molecular flexibility index (Phi) is 3.11. The minimum absolute atomic E-state index is 0.0105. The molecule has 0 spiro atoms. The van der Waals surface area contributed by atoms with Gasteiger partial charge in [0.25, 0.3) is 0 Å². The number of hydrogen-bond acceptors (Lipinski definition) is 5. The number of rotatable bonds is 2. The first-order valence-electron chi connectivity index (χ1n) is 6.12. The third-order valence-electron chi connectivity index (χ3n) is 3.30. The van der Waals surface area contributed by atoms with Gasteiger partial charge in [-0.15, -0.1) is 0 Å². The zero-order valence-electron chi connectivity index (χ0n) is 10.4. The fourth-order valence-electron chi connectivity index (χ4n) is 2.38. The Balaban J connectivity index is 2.47. The average Bonchev–Trinajstić information content (AvgIpc) is 2.45. The van der Waals surface area contributed by atoms with Crippen LogP contribution in [0.25, 0.3) is 21.5 Å². The molecule has 0 amide bonds. The number of nitrogens with zero attached hydrogens (tertiary/aromatic N) is 1. The van der Waals surface area contributed by atoms with Gasteiger partial charge < -0.3 is 20.4 Å². The van der Waals surface area contributed by atoms with Gasteiger partial charge in [-0.05, 0) is 22.2 Å². The topological polar surface area (TPSA) is 93.8 Å². The molecular formula is C15H13NO4. The molecule has 0 saturated carbocycles. The van der Waals surface area contributed by atoms with Crippen molar-refractivity contribution in [3.63, 3.8) is 0 Å². The van der Waals surface area contributed by atoms with Crippen molar-refractivity contribution in [1.82, 2.24) is 4.98 Å². The summed E-state index contributed by atoms with van der Waals surface area (Å²) >= 11 is 0. The Morgan fingerprint density at radius 2 is 1.50 bits per heavy atom. The van der Waals surface area contributed by atoms with Crippen LogP contribution in [0.5, 0.6) is 0 Å². The van der Waals surface area contributed by atoms with Crippen molar-refractivity contribution in [1.29, 1.82) is 0 Å². The van der Waals surface area contributed by atoms with E-state index in [2.05, 4.69) is 4.98 Å². The SMILES string of the molecule is OC(O)c1cc2c(ccc3ccccc32)c(C(O)O)n1. The maximum absolute atomic E-state index is 9.43. The smallest absolute Gasteiger partial charge is 0.196 e. The Hall–Kier alpha value is -2.05. The lowest BCUT2D eigenvalue weighted by Crippen LogP contribution is -2.06. The molecule has 20 heavy (non-hydrogen) atoms. The van der Waals surface area contributed by atoms with E-state index in [4.69, 9.17) is 0 Å². The highest BCUT2D eigenvalue weighted by Crippen LogP contribution is 2.30. The molecule has 0 aliphatic carbocycles. The molecule has 3 aromatic rings. The zero-order chi connectivity index (χ0) is 14.3. The van der Waals surface area contributed by atoms with Gasteiger partial charge in [-0.3, -0.25) is 0 Å². The van der Waals surface area contributed by atoms with E-state index in [0.29, 0.717) is 10.8 Å². The molecule has 2 aromatic carbocycles. The van der Waals surface area contributed by atoms with Crippen molar-refractivity contribution in [2.45, 2.75) is 12.6 Å². The van der Waals surface area contributed by atoms with Crippen molar-refractivity contribution in [3.05, 3.63) is 53.9 Å². The highest BCUT2D eigenvalue weighted by molar-refractivity contribution is 6.08. The molecule has 0 unspecified atom stereocenters. The van der Waals surface area contributed by atoms with E-state index in [-0.39, 0.29) is 11.4 Å².